The van der Waals surface area contributed by atoms with Gasteiger partial charge in [0.25, 0.3) is 0 Å². The number of benzene rings is 1. The lowest BCUT2D eigenvalue weighted by Gasteiger charge is -2.66. The van der Waals surface area contributed by atoms with Crippen molar-refractivity contribution in [1.29, 1.82) is 0 Å². The summed E-state index contributed by atoms with van der Waals surface area (Å²) in [5.41, 5.74) is 4.92. The Morgan fingerprint density at radius 2 is 1.77 bits per heavy atom. The Hall–Kier alpha value is -1.96. The van der Waals surface area contributed by atoms with Gasteiger partial charge < -0.3 is 29.0 Å². The molecule has 2 N–H and O–H groups in total. The van der Waals surface area contributed by atoms with Crippen molar-refractivity contribution in [1.82, 2.24) is 4.98 Å². The van der Waals surface area contributed by atoms with Crippen LogP contribution in [0, 0.1) is 11.3 Å². The Kier molecular flexibility index (Phi) is 5.87. The van der Waals surface area contributed by atoms with E-state index < -0.39 is 23.1 Å². The quantitative estimate of drug-likeness (QED) is 0.304. The number of hydrogen-bond acceptors (Lipinski definition) is 5. The normalized spacial score (nSPS) is 45.1. The van der Waals surface area contributed by atoms with Crippen molar-refractivity contribution >= 4 is 10.9 Å². The van der Waals surface area contributed by atoms with E-state index in [4.69, 9.17) is 18.9 Å². The molecule has 0 radical (unpaired) electrons. The van der Waals surface area contributed by atoms with Gasteiger partial charge in [-0.05, 0) is 109 Å². The predicted molar refractivity (Wildman–Crippen MR) is 167 cm³/mol. The zero-order chi connectivity index (χ0) is 30.3. The number of epoxide rings is 1. The fourth-order valence-electron chi connectivity index (χ4n) is 10.5. The largest absolute Gasteiger partial charge is 0.386 e. The van der Waals surface area contributed by atoms with E-state index in [9.17, 15) is 5.11 Å². The fourth-order valence-corrected chi connectivity index (χ4v) is 10.5. The minimum atomic E-state index is -1.03. The first-order valence-corrected chi connectivity index (χ1v) is 16.6. The van der Waals surface area contributed by atoms with Crippen molar-refractivity contribution in [3.8, 4) is 0 Å². The van der Waals surface area contributed by atoms with E-state index in [1.54, 1.807) is 0 Å². The van der Waals surface area contributed by atoms with Crippen molar-refractivity contribution in [2.24, 2.45) is 11.3 Å². The zero-order valence-corrected chi connectivity index (χ0v) is 27.2. The Bertz CT molecular complexity index is 1560. The maximum Gasteiger partial charge on any atom is 0.178 e. The first kappa shape index (κ1) is 28.5. The average molecular weight is 588 g/mol. The summed E-state index contributed by atoms with van der Waals surface area (Å²) in [4.78, 5) is 3.95. The summed E-state index contributed by atoms with van der Waals surface area (Å²) >= 11 is 0. The first-order valence-electron chi connectivity index (χ1n) is 16.6. The topological polar surface area (TPSA) is 76.2 Å². The molecule has 10 unspecified atom stereocenters. The third-order valence-corrected chi connectivity index (χ3v) is 12.9. The molecule has 1 spiro atoms. The molecule has 3 aliphatic heterocycles. The van der Waals surface area contributed by atoms with Crippen LogP contribution in [0.5, 0.6) is 0 Å². The lowest BCUT2D eigenvalue weighted by atomic mass is 9.40. The second-order valence-electron chi connectivity index (χ2n) is 16.0. The van der Waals surface area contributed by atoms with Gasteiger partial charge >= 0.3 is 0 Å². The summed E-state index contributed by atoms with van der Waals surface area (Å²) in [5.74, 6) is 0.483. The van der Waals surface area contributed by atoms with Crippen molar-refractivity contribution < 1.29 is 24.1 Å². The zero-order valence-electron chi connectivity index (χ0n) is 27.2. The number of ether oxygens (including phenoxy) is 4. The van der Waals surface area contributed by atoms with Crippen LogP contribution in [0.15, 0.2) is 41.5 Å². The smallest absolute Gasteiger partial charge is 0.178 e. The van der Waals surface area contributed by atoms with Gasteiger partial charge in [-0.25, -0.2) is 0 Å². The molecule has 3 aliphatic carbocycles. The lowest BCUT2D eigenvalue weighted by molar-refractivity contribution is -0.343. The highest BCUT2D eigenvalue weighted by molar-refractivity contribution is 5.87. The highest BCUT2D eigenvalue weighted by atomic mass is 16.8. The second-order valence-corrected chi connectivity index (χ2v) is 16.0. The Labute approximate surface area is 256 Å². The van der Waals surface area contributed by atoms with Crippen molar-refractivity contribution in [3.63, 3.8) is 0 Å². The number of H-pyrrole nitrogens is 1. The van der Waals surface area contributed by atoms with Gasteiger partial charge in [0, 0.05) is 27.4 Å². The van der Waals surface area contributed by atoms with Crippen LogP contribution in [0.25, 0.3) is 10.9 Å². The summed E-state index contributed by atoms with van der Waals surface area (Å²) in [6.45, 7) is 17.4. The van der Waals surface area contributed by atoms with Gasteiger partial charge in [-0.1, -0.05) is 43.2 Å². The maximum atomic E-state index is 13.2. The summed E-state index contributed by atoms with van der Waals surface area (Å²) in [6.07, 6.45) is 8.41. The highest BCUT2D eigenvalue weighted by Gasteiger charge is 2.87. The lowest BCUT2D eigenvalue weighted by Crippen LogP contribution is -2.77. The molecule has 6 heteroatoms. The van der Waals surface area contributed by atoms with E-state index >= 15 is 0 Å². The first-order chi connectivity index (χ1) is 20.2. The van der Waals surface area contributed by atoms with Crippen LogP contribution in [0.4, 0.5) is 0 Å². The van der Waals surface area contributed by atoms with E-state index in [1.807, 2.05) is 6.08 Å². The molecule has 1 aromatic carbocycles. The number of nitrogens with one attached hydrogen (secondary N) is 1. The van der Waals surface area contributed by atoms with Crippen molar-refractivity contribution in [3.05, 3.63) is 58.3 Å². The van der Waals surface area contributed by atoms with Gasteiger partial charge in [0.05, 0.1) is 11.7 Å². The molecule has 8 rings (SSSR count). The average Bonchev–Trinajstić information content (AvgIpc) is 3.51. The fraction of sp³-hybridized carbons (Fsp3) is 0.676. The SMILES string of the molecule is CC(C)=CCc1ccc2c3c([nH]c2c1)C1(C)C(CCC2(O)C45OC4C4OC(C=C(C)C)OC(C)(C)C4OC5CCC12C)C3. The van der Waals surface area contributed by atoms with Gasteiger partial charge in [0.2, 0.25) is 0 Å². The molecule has 0 bridgehead atoms. The summed E-state index contributed by atoms with van der Waals surface area (Å²) < 4.78 is 26.7. The van der Waals surface area contributed by atoms with Crippen LogP contribution >= 0.6 is 0 Å². The number of aliphatic hydroxyl groups is 1. The molecule has 43 heavy (non-hydrogen) atoms. The van der Waals surface area contributed by atoms with Crippen LogP contribution in [0.2, 0.25) is 0 Å². The van der Waals surface area contributed by atoms with E-state index in [-0.39, 0.29) is 35.2 Å². The molecule has 2 aromatic rings. The molecule has 3 saturated heterocycles. The van der Waals surface area contributed by atoms with Crippen LogP contribution in [-0.4, -0.2) is 57.6 Å². The van der Waals surface area contributed by atoms with E-state index in [2.05, 4.69) is 84.6 Å². The summed E-state index contributed by atoms with van der Waals surface area (Å²) in [5, 5.41) is 14.6. The maximum absolute atomic E-state index is 13.2. The second kappa shape index (κ2) is 8.85. The predicted octanol–water partition coefficient (Wildman–Crippen LogP) is 6.82. The standard InChI is InChI=1S/C37H49NO5/c1-20(2)9-10-22-11-12-24-25-19-23-13-16-36(39)34(7,35(23,8)30(25)38-26(24)18-22)15-14-27-37(36)32(43-37)29-31(40-27)33(5,6)42-28(41-29)17-21(3)4/h9,11-12,17-18,23,27-29,31-32,38-39H,10,13-16,19H2,1-8H3. The molecule has 5 fully saturated rings. The molecule has 0 amide bonds. The van der Waals surface area contributed by atoms with Crippen LogP contribution in [0.3, 0.4) is 0 Å². The number of aromatic amines is 1. The molecule has 232 valence electrons. The molecule has 10 atom stereocenters. The van der Waals surface area contributed by atoms with Gasteiger partial charge in [0.15, 0.2) is 11.9 Å². The third kappa shape index (κ3) is 3.48. The summed E-state index contributed by atoms with van der Waals surface area (Å²) in [6, 6.07) is 6.95. The monoisotopic (exact) mass is 587 g/mol. The van der Waals surface area contributed by atoms with Crippen LogP contribution in [-0.2, 0) is 37.2 Å². The molecular formula is C37H49NO5. The van der Waals surface area contributed by atoms with E-state index in [0.717, 1.165) is 44.1 Å². The molecule has 6 nitrogen and oxygen atoms in total. The van der Waals surface area contributed by atoms with Gasteiger partial charge in [-0.15, -0.1) is 0 Å². The summed E-state index contributed by atoms with van der Waals surface area (Å²) in [7, 11) is 0. The van der Waals surface area contributed by atoms with Crippen LogP contribution < -0.4 is 0 Å². The Morgan fingerprint density at radius 3 is 2.51 bits per heavy atom. The molecule has 2 saturated carbocycles. The van der Waals surface area contributed by atoms with Gasteiger partial charge in [-0.3, -0.25) is 0 Å². The highest BCUT2D eigenvalue weighted by Crippen LogP contribution is 2.75. The minimum absolute atomic E-state index is 0.176. The van der Waals surface area contributed by atoms with Crippen molar-refractivity contribution in [2.45, 2.75) is 147 Å². The van der Waals surface area contributed by atoms with Gasteiger partial charge in [-0.2, -0.15) is 0 Å². The number of allylic oxidation sites excluding steroid dienone is 3. The number of fused-ring (bicyclic) bond motifs is 9. The molecule has 4 heterocycles. The Balaban J connectivity index is 1.18. The van der Waals surface area contributed by atoms with E-state index in [1.165, 1.54) is 33.3 Å². The molecular weight excluding hydrogens is 538 g/mol. The minimum Gasteiger partial charge on any atom is -0.386 e. The number of hydrogen-bond donors (Lipinski definition) is 2. The third-order valence-electron chi connectivity index (χ3n) is 12.9. The van der Waals surface area contributed by atoms with Gasteiger partial charge in [0.1, 0.15) is 23.9 Å². The number of aromatic nitrogens is 1. The van der Waals surface area contributed by atoms with Crippen LogP contribution in [0.1, 0.15) is 97.9 Å². The van der Waals surface area contributed by atoms with Crippen molar-refractivity contribution in [2.75, 3.05) is 0 Å². The van der Waals surface area contributed by atoms with E-state index in [0.29, 0.717) is 5.92 Å². The molecule has 1 aromatic heterocycles. The molecule has 6 aliphatic rings. The Morgan fingerprint density at radius 1 is 0.977 bits per heavy atom. The number of rotatable bonds is 3.